The van der Waals surface area contributed by atoms with Crippen LogP contribution in [-0.4, -0.2) is 42.3 Å². The lowest BCUT2D eigenvalue weighted by atomic mass is 10.0. The van der Waals surface area contributed by atoms with E-state index in [4.69, 9.17) is 15.6 Å². The fourth-order valence-corrected chi connectivity index (χ4v) is 3.60. The number of ether oxygens (including phenoxy) is 1. The Labute approximate surface area is 133 Å². The maximum Gasteiger partial charge on any atom is 0.337 e. The van der Waals surface area contributed by atoms with Crippen molar-refractivity contribution in [3.63, 3.8) is 0 Å². The fraction of sp³-hybridized carbons (Fsp3) is 0.412. The number of benzene rings is 1. The highest BCUT2D eigenvalue weighted by molar-refractivity contribution is 5.96. The van der Waals surface area contributed by atoms with Crippen molar-refractivity contribution >= 4 is 22.6 Å². The molecule has 1 saturated carbocycles. The number of aromatic carboxylic acids is 1. The van der Waals surface area contributed by atoms with Crippen LogP contribution < -0.4 is 15.4 Å². The van der Waals surface area contributed by atoms with Crippen LogP contribution in [0.25, 0.3) is 10.9 Å². The molecule has 0 bridgehead atoms. The zero-order valence-electron chi connectivity index (χ0n) is 13.0. The Kier molecular flexibility index (Phi) is 2.99. The van der Waals surface area contributed by atoms with Crippen LogP contribution in [0.3, 0.4) is 0 Å². The van der Waals surface area contributed by atoms with Crippen molar-refractivity contribution in [1.82, 2.24) is 4.98 Å². The summed E-state index contributed by atoms with van der Waals surface area (Å²) in [5, 5.41) is 9.86. The number of pyridine rings is 1. The summed E-state index contributed by atoms with van der Waals surface area (Å²) in [6, 6.07) is 5.69. The number of carboxylic acid groups (broad SMARTS) is 1. The molecule has 4 rings (SSSR count). The van der Waals surface area contributed by atoms with Crippen LogP contribution >= 0.6 is 0 Å². The van der Waals surface area contributed by atoms with Crippen LogP contribution in [0.2, 0.25) is 0 Å². The molecule has 1 spiro atoms. The highest BCUT2D eigenvalue weighted by Crippen LogP contribution is 2.53. The van der Waals surface area contributed by atoms with Gasteiger partial charge in [-0.2, -0.15) is 0 Å². The standard InChI is InChI=1S/C17H19N3O3/c1-23-15-12(20-8-13(18)17(9-20)4-5-17)3-2-10-6-11(16(21)22)7-19-14(10)15/h2-3,6-7,13H,4-5,8-9,18H2,1H3,(H,21,22)/t13-/m1/s1. The van der Waals surface area contributed by atoms with Crippen LogP contribution in [0, 0.1) is 5.41 Å². The Hall–Kier alpha value is -2.34. The maximum absolute atomic E-state index is 11.1. The van der Waals surface area contributed by atoms with Crippen LogP contribution in [0.15, 0.2) is 24.4 Å². The number of nitrogens with zero attached hydrogens (tertiary/aromatic N) is 2. The number of hydrogen-bond acceptors (Lipinski definition) is 5. The molecule has 1 aromatic carbocycles. The van der Waals surface area contributed by atoms with Crippen molar-refractivity contribution in [3.8, 4) is 5.75 Å². The average molecular weight is 313 g/mol. The van der Waals surface area contributed by atoms with Crippen molar-refractivity contribution in [2.75, 3.05) is 25.1 Å². The van der Waals surface area contributed by atoms with Crippen molar-refractivity contribution in [2.45, 2.75) is 18.9 Å². The van der Waals surface area contributed by atoms with Gasteiger partial charge < -0.3 is 20.5 Å². The summed E-state index contributed by atoms with van der Waals surface area (Å²) in [6.45, 7) is 1.76. The van der Waals surface area contributed by atoms with Crippen LogP contribution in [0.4, 0.5) is 5.69 Å². The molecule has 1 aliphatic carbocycles. The Balaban J connectivity index is 1.79. The molecule has 120 valence electrons. The summed E-state index contributed by atoms with van der Waals surface area (Å²) in [4.78, 5) is 17.7. The predicted octanol–water partition coefficient (Wildman–Crippen LogP) is 1.87. The Morgan fingerprint density at radius 3 is 2.87 bits per heavy atom. The van der Waals surface area contributed by atoms with E-state index in [1.54, 1.807) is 13.2 Å². The SMILES string of the molecule is COc1c(N2C[C@@H](N)C3(CC3)C2)ccc2cc(C(=O)O)cnc12. The smallest absolute Gasteiger partial charge is 0.337 e. The first-order valence-electron chi connectivity index (χ1n) is 7.75. The number of methoxy groups -OCH3 is 1. The maximum atomic E-state index is 11.1. The first-order chi connectivity index (χ1) is 11.0. The summed E-state index contributed by atoms with van der Waals surface area (Å²) in [5.41, 5.74) is 8.41. The van der Waals surface area contributed by atoms with Crippen LogP contribution in [-0.2, 0) is 0 Å². The monoisotopic (exact) mass is 313 g/mol. The summed E-state index contributed by atoms with van der Waals surface area (Å²) < 4.78 is 5.60. The van der Waals surface area contributed by atoms with Crippen LogP contribution in [0.5, 0.6) is 5.75 Å². The first-order valence-corrected chi connectivity index (χ1v) is 7.75. The number of aromatic nitrogens is 1. The minimum atomic E-state index is -0.983. The molecular weight excluding hydrogens is 294 g/mol. The van der Waals surface area contributed by atoms with Gasteiger partial charge in [-0.25, -0.2) is 4.79 Å². The molecule has 0 unspecified atom stereocenters. The molecule has 1 aromatic heterocycles. The van der Waals surface area contributed by atoms with E-state index in [0.29, 0.717) is 11.3 Å². The molecule has 2 aromatic rings. The van der Waals surface area contributed by atoms with E-state index in [1.165, 1.54) is 19.0 Å². The number of anilines is 1. The van der Waals surface area contributed by atoms with E-state index in [0.717, 1.165) is 24.2 Å². The molecule has 0 amide bonds. The van der Waals surface area contributed by atoms with Gasteiger partial charge in [0.25, 0.3) is 0 Å². The number of carboxylic acids is 1. The van der Waals surface area contributed by atoms with Crippen molar-refractivity contribution in [1.29, 1.82) is 0 Å². The topological polar surface area (TPSA) is 88.7 Å². The van der Waals surface area contributed by atoms with Gasteiger partial charge in [0.1, 0.15) is 5.52 Å². The lowest BCUT2D eigenvalue weighted by Gasteiger charge is -2.22. The van der Waals surface area contributed by atoms with E-state index < -0.39 is 5.97 Å². The summed E-state index contributed by atoms with van der Waals surface area (Å²) in [6.07, 6.45) is 3.76. The fourth-order valence-electron chi connectivity index (χ4n) is 3.60. The molecule has 0 radical (unpaired) electrons. The zero-order chi connectivity index (χ0) is 16.2. The third-order valence-electron chi connectivity index (χ3n) is 5.18. The van der Waals surface area contributed by atoms with Gasteiger partial charge in [0.2, 0.25) is 0 Å². The third kappa shape index (κ3) is 2.13. The Morgan fingerprint density at radius 1 is 1.48 bits per heavy atom. The minimum Gasteiger partial charge on any atom is -0.492 e. The predicted molar refractivity (Wildman–Crippen MR) is 87.1 cm³/mol. The second-order valence-electron chi connectivity index (χ2n) is 6.57. The summed E-state index contributed by atoms with van der Waals surface area (Å²) in [5.74, 6) is -0.298. The summed E-state index contributed by atoms with van der Waals surface area (Å²) in [7, 11) is 1.62. The lowest BCUT2D eigenvalue weighted by molar-refractivity contribution is 0.0696. The average Bonchev–Trinajstić information content (AvgIpc) is 3.25. The molecule has 3 N–H and O–H groups in total. The Bertz CT molecular complexity index is 801. The molecular formula is C17H19N3O3. The van der Waals surface area contributed by atoms with Gasteiger partial charge in [0, 0.05) is 36.1 Å². The van der Waals surface area contributed by atoms with Crippen LogP contribution in [0.1, 0.15) is 23.2 Å². The summed E-state index contributed by atoms with van der Waals surface area (Å²) >= 11 is 0. The molecule has 1 saturated heterocycles. The number of nitrogens with two attached hydrogens (primary N) is 1. The minimum absolute atomic E-state index is 0.174. The zero-order valence-corrected chi connectivity index (χ0v) is 13.0. The van der Waals surface area contributed by atoms with Crippen molar-refractivity contribution in [3.05, 3.63) is 30.0 Å². The van der Waals surface area contributed by atoms with E-state index in [2.05, 4.69) is 9.88 Å². The van der Waals surface area contributed by atoms with E-state index in [1.807, 2.05) is 12.1 Å². The van der Waals surface area contributed by atoms with Crippen molar-refractivity contribution < 1.29 is 14.6 Å². The molecule has 2 aliphatic rings. The van der Waals surface area contributed by atoms with Crippen molar-refractivity contribution in [2.24, 2.45) is 11.1 Å². The van der Waals surface area contributed by atoms with Gasteiger partial charge in [-0.05, 0) is 25.0 Å². The highest BCUT2D eigenvalue weighted by atomic mass is 16.5. The second-order valence-corrected chi connectivity index (χ2v) is 6.57. The van der Waals surface area contributed by atoms with Gasteiger partial charge >= 0.3 is 5.97 Å². The van der Waals surface area contributed by atoms with Gasteiger partial charge in [0.15, 0.2) is 5.75 Å². The quantitative estimate of drug-likeness (QED) is 0.899. The van der Waals surface area contributed by atoms with E-state index >= 15 is 0 Å². The molecule has 6 nitrogen and oxygen atoms in total. The largest absolute Gasteiger partial charge is 0.492 e. The van der Waals surface area contributed by atoms with E-state index in [-0.39, 0.29) is 17.0 Å². The van der Waals surface area contributed by atoms with Gasteiger partial charge in [-0.1, -0.05) is 6.07 Å². The molecule has 1 atom stereocenters. The molecule has 2 fully saturated rings. The molecule has 23 heavy (non-hydrogen) atoms. The molecule has 6 heteroatoms. The lowest BCUT2D eigenvalue weighted by Crippen LogP contribution is -2.30. The third-order valence-corrected chi connectivity index (χ3v) is 5.18. The molecule has 2 heterocycles. The highest BCUT2D eigenvalue weighted by Gasteiger charge is 2.53. The number of carbonyl (C=O) groups is 1. The van der Waals surface area contributed by atoms with Gasteiger partial charge in [0.05, 0.1) is 18.4 Å². The molecule has 1 aliphatic heterocycles. The first kappa shape index (κ1) is 14.3. The van der Waals surface area contributed by atoms with E-state index in [9.17, 15) is 4.79 Å². The number of rotatable bonds is 3. The van der Waals surface area contributed by atoms with Gasteiger partial charge in [-0.3, -0.25) is 4.98 Å². The number of hydrogen-bond donors (Lipinski definition) is 2. The second kappa shape index (κ2) is 4.83. The number of fused-ring (bicyclic) bond motifs is 1. The Morgan fingerprint density at radius 2 is 2.26 bits per heavy atom. The van der Waals surface area contributed by atoms with Gasteiger partial charge in [-0.15, -0.1) is 0 Å². The normalized spacial score (nSPS) is 21.8.